The van der Waals surface area contributed by atoms with Crippen LogP contribution in [0, 0.1) is 0 Å². The zero-order valence-electron chi connectivity index (χ0n) is 8.43. The third kappa shape index (κ3) is 3.53. The van der Waals surface area contributed by atoms with E-state index in [1.165, 1.54) is 0 Å². The Morgan fingerprint density at radius 1 is 1.12 bits per heavy atom. The highest BCUT2D eigenvalue weighted by Crippen LogP contribution is 2.38. The molecule has 0 bridgehead atoms. The lowest BCUT2D eigenvalue weighted by Gasteiger charge is -2.12. The summed E-state index contributed by atoms with van der Waals surface area (Å²) < 4.78 is 87.2. The number of hydrogen-bond acceptors (Lipinski definition) is 0. The van der Waals surface area contributed by atoms with Crippen LogP contribution < -0.4 is 0 Å². The number of hydrogen-bond donors (Lipinski definition) is 0. The van der Waals surface area contributed by atoms with Crippen LogP contribution >= 0.6 is 0 Å². The van der Waals surface area contributed by atoms with Crippen molar-refractivity contribution in [2.24, 2.45) is 0 Å². The van der Waals surface area contributed by atoms with Crippen LogP contribution in [0.3, 0.4) is 0 Å². The molecular formula is C9H9F7. The van der Waals surface area contributed by atoms with Crippen molar-refractivity contribution >= 4 is 0 Å². The summed E-state index contributed by atoms with van der Waals surface area (Å²) in [6.45, 7) is 1.50. The molecule has 7 heteroatoms. The summed E-state index contributed by atoms with van der Waals surface area (Å²) in [4.78, 5) is 0. The lowest BCUT2D eigenvalue weighted by Crippen LogP contribution is -2.17. The molecule has 0 aliphatic carbocycles. The maximum atomic E-state index is 12.9. The lowest BCUT2D eigenvalue weighted by atomic mass is 10.1. The van der Waals surface area contributed by atoms with Crippen molar-refractivity contribution in [2.45, 2.75) is 32.6 Å². The first-order valence-corrected chi connectivity index (χ1v) is 4.28. The normalized spacial score (nSPS) is 17.8. The van der Waals surface area contributed by atoms with Crippen LogP contribution in [0.1, 0.15) is 20.3 Å². The average molecular weight is 250 g/mol. The highest BCUT2D eigenvalue weighted by atomic mass is 19.4. The summed E-state index contributed by atoms with van der Waals surface area (Å²) in [5, 5.41) is 0. The monoisotopic (exact) mass is 250 g/mol. The Hall–Kier alpha value is -1.01. The molecule has 94 valence electrons. The minimum Gasteiger partial charge on any atom is -0.240 e. The highest BCUT2D eigenvalue weighted by molar-refractivity contribution is 5.35. The Kier molecular flexibility index (Phi) is 5.02. The first kappa shape index (κ1) is 15.0. The van der Waals surface area contributed by atoms with Crippen molar-refractivity contribution in [2.75, 3.05) is 0 Å². The average Bonchev–Trinajstić information content (AvgIpc) is 2.14. The first-order chi connectivity index (χ1) is 7.12. The van der Waals surface area contributed by atoms with Gasteiger partial charge in [-0.3, -0.25) is 0 Å². The topological polar surface area (TPSA) is 0 Å². The predicted octanol–water partition coefficient (Wildman–Crippen LogP) is 4.69. The van der Waals surface area contributed by atoms with Gasteiger partial charge in [0.1, 0.15) is 23.4 Å². The summed E-state index contributed by atoms with van der Waals surface area (Å²) in [6, 6.07) is 0. The van der Waals surface area contributed by atoms with E-state index in [1.54, 1.807) is 0 Å². The van der Waals surface area contributed by atoms with Crippen molar-refractivity contribution in [3.8, 4) is 0 Å². The van der Waals surface area contributed by atoms with Crippen LogP contribution in [0.25, 0.3) is 0 Å². The van der Waals surface area contributed by atoms with Gasteiger partial charge in [0.2, 0.25) is 0 Å². The predicted molar refractivity (Wildman–Crippen MR) is 44.3 cm³/mol. The van der Waals surface area contributed by atoms with Gasteiger partial charge in [-0.25, -0.2) is 17.6 Å². The molecule has 0 nitrogen and oxygen atoms in total. The fourth-order valence-electron chi connectivity index (χ4n) is 0.854. The van der Waals surface area contributed by atoms with Crippen molar-refractivity contribution in [1.82, 2.24) is 0 Å². The van der Waals surface area contributed by atoms with Gasteiger partial charge in [0, 0.05) is 0 Å². The Morgan fingerprint density at radius 2 is 1.56 bits per heavy atom. The van der Waals surface area contributed by atoms with Gasteiger partial charge >= 0.3 is 6.18 Å². The van der Waals surface area contributed by atoms with Crippen LogP contribution in [-0.2, 0) is 0 Å². The van der Waals surface area contributed by atoms with E-state index in [0.29, 0.717) is 6.92 Å². The largest absolute Gasteiger partial charge is 0.421 e. The van der Waals surface area contributed by atoms with Gasteiger partial charge in [0.05, 0.1) is 0 Å². The quantitative estimate of drug-likeness (QED) is 0.503. The van der Waals surface area contributed by atoms with Crippen molar-refractivity contribution in [1.29, 1.82) is 0 Å². The van der Waals surface area contributed by atoms with Crippen molar-refractivity contribution in [3.63, 3.8) is 0 Å². The molecule has 0 fully saturated rings. The smallest absolute Gasteiger partial charge is 0.240 e. The molecule has 0 saturated heterocycles. The van der Waals surface area contributed by atoms with E-state index in [4.69, 9.17) is 0 Å². The van der Waals surface area contributed by atoms with E-state index in [0.717, 1.165) is 6.92 Å². The molecule has 0 aromatic carbocycles. The van der Waals surface area contributed by atoms with E-state index in [9.17, 15) is 30.7 Å². The molecule has 0 amide bonds. The molecule has 0 aromatic rings. The van der Waals surface area contributed by atoms with Gasteiger partial charge in [-0.15, -0.1) is 0 Å². The molecular weight excluding hydrogens is 241 g/mol. The van der Waals surface area contributed by atoms with E-state index in [1.807, 2.05) is 0 Å². The Balaban J connectivity index is 5.74. The summed E-state index contributed by atoms with van der Waals surface area (Å²) in [6.07, 6.45) is -8.83. The second-order valence-electron chi connectivity index (χ2n) is 2.91. The maximum Gasteiger partial charge on any atom is 0.421 e. The minimum absolute atomic E-state index is 0.457. The molecule has 16 heavy (non-hydrogen) atoms. The number of allylic oxidation sites excluding steroid dienone is 4. The van der Waals surface area contributed by atoms with Crippen molar-refractivity contribution < 1.29 is 30.7 Å². The van der Waals surface area contributed by atoms with Gasteiger partial charge in [-0.1, -0.05) is 6.92 Å². The lowest BCUT2D eigenvalue weighted by molar-refractivity contribution is -0.0941. The molecule has 0 aromatic heterocycles. The van der Waals surface area contributed by atoms with Gasteiger partial charge in [0.15, 0.2) is 5.83 Å². The summed E-state index contributed by atoms with van der Waals surface area (Å²) >= 11 is 0. The van der Waals surface area contributed by atoms with Crippen LogP contribution in [0.4, 0.5) is 30.7 Å². The zero-order valence-corrected chi connectivity index (χ0v) is 8.43. The van der Waals surface area contributed by atoms with E-state index in [2.05, 4.69) is 0 Å². The molecule has 0 saturated carbocycles. The SMILES string of the molecule is CC/C(F)=C(F)\C(=C(\F)C(C)F)C(F)(F)F. The molecule has 0 spiro atoms. The summed E-state index contributed by atoms with van der Waals surface area (Å²) in [5.41, 5.74) is -2.53. The van der Waals surface area contributed by atoms with Crippen molar-refractivity contribution in [3.05, 3.63) is 23.1 Å². The molecule has 0 radical (unpaired) electrons. The first-order valence-electron chi connectivity index (χ1n) is 4.28. The summed E-state index contributed by atoms with van der Waals surface area (Å²) in [5.74, 6) is -6.55. The molecule has 0 aliphatic heterocycles. The Labute approximate surface area is 87.4 Å². The van der Waals surface area contributed by atoms with E-state index < -0.39 is 41.8 Å². The number of alkyl halides is 4. The van der Waals surface area contributed by atoms with Crippen LogP contribution in [0.2, 0.25) is 0 Å². The third-order valence-corrected chi connectivity index (χ3v) is 1.64. The van der Waals surface area contributed by atoms with Gasteiger partial charge in [-0.2, -0.15) is 13.2 Å². The number of halogens is 7. The minimum atomic E-state index is -5.49. The van der Waals surface area contributed by atoms with E-state index >= 15 is 0 Å². The fourth-order valence-corrected chi connectivity index (χ4v) is 0.854. The van der Waals surface area contributed by atoms with Crippen LogP contribution in [-0.4, -0.2) is 12.3 Å². The summed E-state index contributed by atoms with van der Waals surface area (Å²) in [7, 11) is 0. The highest BCUT2D eigenvalue weighted by Gasteiger charge is 2.42. The third-order valence-electron chi connectivity index (χ3n) is 1.64. The van der Waals surface area contributed by atoms with Gasteiger partial charge in [-0.05, 0) is 13.3 Å². The van der Waals surface area contributed by atoms with E-state index in [-0.39, 0.29) is 0 Å². The second-order valence-corrected chi connectivity index (χ2v) is 2.91. The molecule has 1 atom stereocenters. The molecule has 0 aliphatic rings. The molecule has 0 rings (SSSR count). The molecule has 1 unspecified atom stereocenters. The number of rotatable bonds is 3. The Bertz CT molecular complexity index is 308. The van der Waals surface area contributed by atoms with Crippen LogP contribution in [0.15, 0.2) is 23.1 Å². The fraction of sp³-hybridized carbons (Fsp3) is 0.556. The molecule has 0 N–H and O–H groups in total. The second kappa shape index (κ2) is 5.36. The molecule has 0 heterocycles. The standard InChI is InChI=1S/C9H9F7/c1-3-5(11)8(13)6(9(14,15)16)7(12)4(2)10/h4H,3H2,1-2H3/b7-6-,8-5-. The zero-order chi connectivity index (χ0) is 13.1. The van der Waals surface area contributed by atoms with Gasteiger partial charge in [0.25, 0.3) is 0 Å². The van der Waals surface area contributed by atoms with Gasteiger partial charge < -0.3 is 0 Å². The van der Waals surface area contributed by atoms with Crippen LogP contribution in [0.5, 0.6) is 0 Å². The maximum absolute atomic E-state index is 12.9. The Morgan fingerprint density at radius 3 is 1.81 bits per heavy atom.